The van der Waals surface area contributed by atoms with Gasteiger partial charge in [0.2, 0.25) is 10.0 Å². The fourth-order valence-electron chi connectivity index (χ4n) is 3.85. The van der Waals surface area contributed by atoms with Gasteiger partial charge in [-0.2, -0.15) is 0 Å². The molecule has 1 aromatic heterocycles. The quantitative estimate of drug-likeness (QED) is 0.899. The Bertz CT molecular complexity index is 605. The van der Waals surface area contributed by atoms with Crippen LogP contribution in [0.5, 0.6) is 0 Å². The summed E-state index contributed by atoms with van der Waals surface area (Å²) in [6, 6.07) is 1.58. The number of rotatable bonds is 4. The molecule has 1 N–H and O–H groups in total. The molecule has 0 amide bonds. The lowest BCUT2D eigenvalue weighted by Gasteiger charge is -2.28. The first-order valence-electron chi connectivity index (χ1n) is 7.08. The summed E-state index contributed by atoms with van der Waals surface area (Å²) >= 11 is 3.26. The summed E-state index contributed by atoms with van der Waals surface area (Å²) in [6.07, 6.45) is 8.02. The van der Waals surface area contributed by atoms with Crippen LogP contribution in [0.15, 0.2) is 27.8 Å². The second-order valence-electron chi connectivity index (χ2n) is 6.09. The molecule has 1 heterocycles. The minimum Gasteiger partial charge on any atom is -0.262 e. The molecule has 0 radical (unpaired) electrons. The molecule has 20 heavy (non-hydrogen) atoms. The van der Waals surface area contributed by atoms with Crippen molar-refractivity contribution in [2.45, 2.75) is 43.5 Å². The third-order valence-electron chi connectivity index (χ3n) is 4.77. The molecule has 2 saturated carbocycles. The molecular weight excluding hydrogens is 340 g/mol. The van der Waals surface area contributed by atoms with Gasteiger partial charge in [0.25, 0.3) is 0 Å². The molecule has 4 nitrogen and oxygen atoms in total. The van der Waals surface area contributed by atoms with Gasteiger partial charge in [0.1, 0.15) is 4.90 Å². The summed E-state index contributed by atoms with van der Waals surface area (Å²) in [5.74, 6) is 2.02. The van der Waals surface area contributed by atoms with E-state index in [2.05, 4.69) is 25.6 Å². The zero-order valence-electron chi connectivity index (χ0n) is 11.4. The second-order valence-corrected chi connectivity index (χ2v) is 8.72. The Morgan fingerprint density at radius 2 is 2.15 bits per heavy atom. The number of halogens is 1. The van der Waals surface area contributed by atoms with Crippen LogP contribution in [0, 0.1) is 17.8 Å². The lowest BCUT2D eigenvalue weighted by atomic mass is 9.84. The van der Waals surface area contributed by atoms with Crippen molar-refractivity contribution >= 4 is 26.0 Å². The van der Waals surface area contributed by atoms with E-state index in [1.807, 2.05) is 6.92 Å². The van der Waals surface area contributed by atoms with Crippen molar-refractivity contribution in [3.63, 3.8) is 0 Å². The Morgan fingerprint density at radius 1 is 1.35 bits per heavy atom. The van der Waals surface area contributed by atoms with Crippen LogP contribution < -0.4 is 4.72 Å². The summed E-state index contributed by atoms with van der Waals surface area (Å²) in [6.45, 7) is 1.99. The molecule has 3 rings (SSSR count). The van der Waals surface area contributed by atoms with Crippen molar-refractivity contribution in [2.24, 2.45) is 17.8 Å². The molecule has 2 bridgehead atoms. The Kier molecular flexibility index (Phi) is 3.90. The molecule has 6 heteroatoms. The van der Waals surface area contributed by atoms with Gasteiger partial charge < -0.3 is 0 Å². The third kappa shape index (κ3) is 2.78. The molecular formula is C14H19BrN2O2S. The van der Waals surface area contributed by atoms with Gasteiger partial charge in [-0.3, -0.25) is 4.98 Å². The fraction of sp³-hybridized carbons (Fsp3) is 0.643. The van der Waals surface area contributed by atoms with Crippen molar-refractivity contribution in [1.29, 1.82) is 0 Å². The van der Waals surface area contributed by atoms with Gasteiger partial charge in [-0.05, 0) is 65.9 Å². The SMILES string of the molecule is CC(NS(=O)(=O)c1cncc(Br)c1)C1CC2CCC1C2. The van der Waals surface area contributed by atoms with Crippen LogP contribution in [0.25, 0.3) is 0 Å². The van der Waals surface area contributed by atoms with Gasteiger partial charge in [0, 0.05) is 22.9 Å². The largest absolute Gasteiger partial charge is 0.262 e. The van der Waals surface area contributed by atoms with Crippen LogP contribution in [0.3, 0.4) is 0 Å². The van der Waals surface area contributed by atoms with E-state index in [-0.39, 0.29) is 10.9 Å². The van der Waals surface area contributed by atoms with Crippen molar-refractivity contribution in [3.05, 3.63) is 22.9 Å². The lowest BCUT2D eigenvalue weighted by Crippen LogP contribution is -2.40. The number of hydrogen-bond acceptors (Lipinski definition) is 3. The molecule has 0 spiro atoms. The number of hydrogen-bond donors (Lipinski definition) is 1. The summed E-state index contributed by atoms with van der Waals surface area (Å²) in [5, 5.41) is 0. The van der Waals surface area contributed by atoms with Crippen LogP contribution in [0.4, 0.5) is 0 Å². The number of pyridine rings is 1. The van der Waals surface area contributed by atoms with E-state index in [1.165, 1.54) is 31.9 Å². The lowest BCUT2D eigenvalue weighted by molar-refractivity contribution is 0.280. The molecule has 110 valence electrons. The number of aromatic nitrogens is 1. The van der Waals surface area contributed by atoms with Crippen molar-refractivity contribution in [2.75, 3.05) is 0 Å². The molecule has 2 aliphatic carbocycles. The number of sulfonamides is 1. The van der Waals surface area contributed by atoms with Crippen molar-refractivity contribution in [1.82, 2.24) is 9.71 Å². The van der Waals surface area contributed by atoms with Gasteiger partial charge in [0.05, 0.1) is 0 Å². The highest BCUT2D eigenvalue weighted by Crippen LogP contribution is 2.49. The molecule has 0 aliphatic heterocycles. The normalized spacial score (nSPS) is 30.6. The van der Waals surface area contributed by atoms with E-state index in [0.29, 0.717) is 16.3 Å². The Labute approximate surface area is 128 Å². The van der Waals surface area contributed by atoms with Gasteiger partial charge in [-0.1, -0.05) is 6.42 Å². The summed E-state index contributed by atoms with van der Waals surface area (Å²) in [7, 11) is -3.48. The van der Waals surface area contributed by atoms with E-state index in [0.717, 1.165) is 5.92 Å². The number of fused-ring (bicyclic) bond motifs is 2. The summed E-state index contributed by atoms with van der Waals surface area (Å²) in [4.78, 5) is 4.15. The van der Waals surface area contributed by atoms with Gasteiger partial charge in [0.15, 0.2) is 0 Å². The number of nitrogens with zero attached hydrogens (tertiary/aromatic N) is 1. The first kappa shape index (κ1) is 14.5. The van der Waals surface area contributed by atoms with E-state index in [1.54, 1.807) is 12.3 Å². The minimum absolute atomic E-state index is 0.00529. The van der Waals surface area contributed by atoms with Crippen LogP contribution in [0.2, 0.25) is 0 Å². The van der Waals surface area contributed by atoms with E-state index < -0.39 is 10.0 Å². The van der Waals surface area contributed by atoms with Crippen molar-refractivity contribution < 1.29 is 8.42 Å². The molecule has 4 atom stereocenters. The second kappa shape index (κ2) is 5.39. The fourth-order valence-corrected chi connectivity index (χ4v) is 5.64. The van der Waals surface area contributed by atoms with Gasteiger partial charge in [-0.25, -0.2) is 13.1 Å². The Morgan fingerprint density at radius 3 is 2.75 bits per heavy atom. The highest BCUT2D eigenvalue weighted by atomic mass is 79.9. The highest BCUT2D eigenvalue weighted by Gasteiger charge is 2.42. The van der Waals surface area contributed by atoms with Gasteiger partial charge in [-0.15, -0.1) is 0 Å². The van der Waals surface area contributed by atoms with Crippen LogP contribution in [0.1, 0.15) is 32.6 Å². The van der Waals surface area contributed by atoms with Crippen molar-refractivity contribution in [3.8, 4) is 0 Å². The number of nitrogens with one attached hydrogen (secondary N) is 1. The molecule has 2 fully saturated rings. The monoisotopic (exact) mass is 358 g/mol. The topological polar surface area (TPSA) is 59.1 Å². The predicted molar refractivity (Wildman–Crippen MR) is 80.7 cm³/mol. The first-order chi connectivity index (χ1) is 9.45. The highest BCUT2D eigenvalue weighted by molar-refractivity contribution is 9.10. The van der Waals surface area contributed by atoms with E-state index in [9.17, 15) is 8.42 Å². The summed E-state index contributed by atoms with van der Waals surface area (Å²) in [5.41, 5.74) is 0. The molecule has 0 aromatic carbocycles. The maximum Gasteiger partial charge on any atom is 0.242 e. The average molecular weight is 359 g/mol. The van der Waals surface area contributed by atoms with Crippen LogP contribution >= 0.6 is 15.9 Å². The molecule has 1 aromatic rings. The summed E-state index contributed by atoms with van der Waals surface area (Å²) < 4.78 is 28.3. The van der Waals surface area contributed by atoms with Crippen LogP contribution in [-0.4, -0.2) is 19.4 Å². The maximum absolute atomic E-state index is 12.4. The zero-order valence-corrected chi connectivity index (χ0v) is 13.8. The Balaban J connectivity index is 1.73. The molecule has 4 unspecified atom stereocenters. The van der Waals surface area contributed by atoms with Gasteiger partial charge >= 0.3 is 0 Å². The minimum atomic E-state index is -3.48. The predicted octanol–water partition coefficient (Wildman–Crippen LogP) is 2.95. The maximum atomic E-state index is 12.4. The third-order valence-corrected chi connectivity index (χ3v) is 6.73. The first-order valence-corrected chi connectivity index (χ1v) is 9.36. The smallest absolute Gasteiger partial charge is 0.242 e. The zero-order chi connectivity index (χ0) is 14.3. The average Bonchev–Trinajstić information content (AvgIpc) is 3.00. The molecule has 2 aliphatic rings. The molecule has 0 saturated heterocycles. The van der Waals surface area contributed by atoms with E-state index in [4.69, 9.17) is 0 Å². The standard InChI is InChI=1S/C14H19BrN2O2S/c1-9(14-5-10-2-3-11(14)4-10)17-20(18,19)13-6-12(15)7-16-8-13/h6-11,14,17H,2-5H2,1H3. The Hall–Kier alpha value is -0.460. The van der Waals surface area contributed by atoms with Crippen LogP contribution in [-0.2, 0) is 10.0 Å². The van der Waals surface area contributed by atoms with E-state index >= 15 is 0 Å².